The van der Waals surface area contributed by atoms with Crippen molar-refractivity contribution in [2.75, 3.05) is 6.54 Å². The zero-order valence-electron chi connectivity index (χ0n) is 12.5. The molecule has 21 heavy (non-hydrogen) atoms. The Balaban J connectivity index is 1.80. The minimum Gasteiger partial charge on any atom is -0.339 e. The minimum atomic E-state index is -0.234. The van der Waals surface area contributed by atoms with E-state index in [4.69, 9.17) is 4.52 Å². The van der Waals surface area contributed by atoms with Crippen molar-refractivity contribution < 1.29 is 8.91 Å². The summed E-state index contributed by atoms with van der Waals surface area (Å²) >= 11 is 1.49. The second kappa shape index (κ2) is 7.04. The Hall–Kier alpha value is -1.40. The van der Waals surface area contributed by atoms with Gasteiger partial charge in [0.05, 0.1) is 5.75 Å². The van der Waals surface area contributed by atoms with E-state index in [1.54, 1.807) is 6.07 Å². The molecule has 0 aliphatic heterocycles. The maximum atomic E-state index is 13.1. The van der Waals surface area contributed by atoms with E-state index in [1.807, 2.05) is 6.07 Å². The molecule has 6 heteroatoms. The first-order valence-electron chi connectivity index (χ1n) is 6.87. The van der Waals surface area contributed by atoms with Crippen LogP contribution >= 0.6 is 11.8 Å². The van der Waals surface area contributed by atoms with E-state index < -0.39 is 0 Å². The van der Waals surface area contributed by atoms with Crippen molar-refractivity contribution >= 4 is 11.8 Å². The van der Waals surface area contributed by atoms with Gasteiger partial charge in [-0.2, -0.15) is 4.98 Å². The van der Waals surface area contributed by atoms with E-state index in [2.05, 4.69) is 36.2 Å². The standard InChI is InChI=1S/C15H20FN3OS/c1-15(2,3)17-8-7-14-18-13(19-20-14)10-21-12-6-4-5-11(16)9-12/h4-6,9,17H,7-8,10H2,1-3H3. The van der Waals surface area contributed by atoms with Crippen LogP contribution in [0, 0.1) is 5.82 Å². The summed E-state index contributed by atoms with van der Waals surface area (Å²) in [6.45, 7) is 7.13. The second-order valence-corrected chi connectivity index (χ2v) is 6.83. The highest BCUT2D eigenvalue weighted by molar-refractivity contribution is 7.98. The fourth-order valence-corrected chi connectivity index (χ4v) is 2.48. The second-order valence-electron chi connectivity index (χ2n) is 5.78. The maximum absolute atomic E-state index is 13.1. The molecule has 2 rings (SSSR count). The molecule has 0 fully saturated rings. The van der Waals surface area contributed by atoms with Crippen LogP contribution in [-0.4, -0.2) is 22.2 Å². The first kappa shape index (κ1) is 16.0. The Labute approximate surface area is 128 Å². The molecule has 0 aliphatic carbocycles. The molecule has 1 N–H and O–H groups in total. The lowest BCUT2D eigenvalue weighted by atomic mass is 10.1. The molecular formula is C15H20FN3OS. The van der Waals surface area contributed by atoms with Gasteiger partial charge in [-0.25, -0.2) is 4.39 Å². The van der Waals surface area contributed by atoms with Gasteiger partial charge < -0.3 is 9.84 Å². The van der Waals surface area contributed by atoms with Crippen LogP contribution in [0.2, 0.25) is 0 Å². The monoisotopic (exact) mass is 309 g/mol. The van der Waals surface area contributed by atoms with Gasteiger partial charge in [0.15, 0.2) is 5.82 Å². The van der Waals surface area contributed by atoms with E-state index in [0.29, 0.717) is 23.9 Å². The van der Waals surface area contributed by atoms with Crippen molar-refractivity contribution in [3.8, 4) is 0 Å². The highest BCUT2D eigenvalue weighted by atomic mass is 32.2. The predicted octanol–water partition coefficient (Wildman–Crippen LogP) is 3.43. The third kappa shape index (κ3) is 5.85. The number of hydrogen-bond acceptors (Lipinski definition) is 5. The molecule has 1 aromatic carbocycles. The first-order chi connectivity index (χ1) is 9.92. The lowest BCUT2D eigenvalue weighted by Gasteiger charge is -2.19. The Morgan fingerprint density at radius 3 is 2.86 bits per heavy atom. The molecule has 0 spiro atoms. The van der Waals surface area contributed by atoms with Crippen LogP contribution in [0.1, 0.15) is 32.5 Å². The quantitative estimate of drug-likeness (QED) is 0.829. The van der Waals surface area contributed by atoms with Crippen LogP contribution in [0.4, 0.5) is 4.39 Å². The number of halogens is 1. The molecule has 0 unspecified atom stereocenters. The molecule has 1 aromatic heterocycles. The summed E-state index contributed by atoms with van der Waals surface area (Å²) in [5, 5.41) is 7.31. The molecule has 0 radical (unpaired) electrons. The van der Waals surface area contributed by atoms with Gasteiger partial charge in [0.2, 0.25) is 5.89 Å². The SMILES string of the molecule is CC(C)(C)NCCc1nc(CSc2cccc(F)c2)no1. The zero-order valence-corrected chi connectivity index (χ0v) is 13.3. The summed E-state index contributed by atoms with van der Waals surface area (Å²) in [5.74, 6) is 1.60. The topological polar surface area (TPSA) is 51.0 Å². The Kier molecular flexibility index (Phi) is 5.36. The molecule has 114 valence electrons. The fourth-order valence-electron chi connectivity index (χ4n) is 1.70. The average Bonchev–Trinajstić information content (AvgIpc) is 2.83. The number of nitrogens with zero attached hydrogens (tertiary/aromatic N) is 2. The van der Waals surface area contributed by atoms with Crippen LogP contribution < -0.4 is 5.32 Å². The molecule has 0 aliphatic rings. The van der Waals surface area contributed by atoms with Crippen molar-refractivity contribution in [2.24, 2.45) is 0 Å². The first-order valence-corrected chi connectivity index (χ1v) is 7.86. The third-order valence-electron chi connectivity index (χ3n) is 2.67. The minimum absolute atomic E-state index is 0.0794. The third-order valence-corrected chi connectivity index (χ3v) is 3.66. The van der Waals surface area contributed by atoms with Crippen molar-refractivity contribution in [1.82, 2.24) is 15.5 Å². The molecule has 0 atom stereocenters. The summed E-state index contributed by atoms with van der Waals surface area (Å²) in [4.78, 5) is 5.19. The average molecular weight is 309 g/mol. The van der Waals surface area contributed by atoms with Crippen LogP contribution in [0.5, 0.6) is 0 Å². The highest BCUT2D eigenvalue weighted by Gasteiger charge is 2.11. The van der Waals surface area contributed by atoms with Crippen LogP contribution in [0.15, 0.2) is 33.7 Å². The van der Waals surface area contributed by atoms with Crippen molar-refractivity contribution in [3.63, 3.8) is 0 Å². The van der Waals surface area contributed by atoms with E-state index in [9.17, 15) is 4.39 Å². The molecule has 0 saturated heterocycles. The summed E-state index contributed by atoms with van der Waals surface area (Å²) in [6.07, 6.45) is 0.703. The van der Waals surface area contributed by atoms with Crippen LogP contribution in [-0.2, 0) is 12.2 Å². The number of thioether (sulfide) groups is 1. The Bertz CT molecular complexity index is 580. The lowest BCUT2D eigenvalue weighted by Crippen LogP contribution is -2.37. The van der Waals surface area contributed by atoms with Gasteiger partial charge in [0.25, 0.3) is 0 Å². The van der Waals surface area contributed by atoms with E-state index in [0.717, 1.165) is 11.4 Å². The predicted molar refractivity (Wildman–Crippen MR) is 81.7 cm³/mol. The number of benzene rings is 1. The summed E-state index contributed by atoms with van der Waals surface area (Å²) in [7, 11) is 0. The van der Waals surface area contributed by atoms with Crippen molar-refractivity contribution in [1.29, 1.82) is 0 Å². The van der Waals surface area contributed by atoms with E-state index in [-0.39, 0.29) is 11.4 Å². The molecule has 1 heterocycles. The van der Waals surface area contributed by atoms with Crippen molar-refractivity contribution in [3.05, 3.63) is 41.8 Å². The summed E-state index contributed by atoms with van der Waals surface area (Å²) in [5.41, 5.74) is 0.0794. The number of hydrogen-bond donors (Lipinski definition) is 1. The number of aromatic nitrogens is 2. The van der Waals surface area contributed by atoms with Crippen molar-refractivity contribution in [2.45, 2.75) is 43.4 Å². The summed E-state index contributed by atoms with van der Waals surface area (Å²) in [6, 6.07) is 6.48. The molecule has 2 aromatic rings. The molecular weight excluding hydrogens is 289 g/mol. The highest BCUT2D eigenvalue weighted by Crippen LogP contribution is 2.22. The summed E-state index contributed by atoms with van der Waals surface area (Å²) < 4.78 is 18.3. The molecule has 0 amide bonds. The largest absolute Gasteiger partial charge is 0.339 e. The van der Waals surface area contributed by atoms with E-state index >= 15 is 0 Å². The zero-order chi connectivity index (χ0) is 15.3. The molecule has 0 bridgehead atoms. The van der Waals surface area contributed by atoms with Gasteiger partial charge in [-0.3, -0.25) is 0 Å². The number of nitrogens with one attached hydrogen (secondary N) is 1. The smallest absolute Gasteiger partial charge is 0.227 e. The van der Waals surface area contributed by atoms with Gasteiger partial charge in [0.1, 0.15) is 5.82 Å². The van der Waals surface area contributed by atoms with Gasteiger partial charge in [-0.05, 0) is 39.0 Å². The lowest BCUT2D eigenvalue weighted by molar-refractivity contribution is 0.359. The fraction of sp³-hybridized carbons (Fsp3) is 0.467. The van der Waals surface area contributed by atoms with Gasteiger partial charge in [0, 0.05) is 23.4 Å². The van der Waals surface area contributed by atoms with E-state index in [1.165, 1.54) is 23.9 Å². The Morgan fingerprint density at radius 1 is 1.33 bits per heavy atom. The normalized spacial score (nSPS) is 11.8. The van der Waals surface area contributed by atoms with Gasteiger partial charge in [-0.1, -0.05) is 11.2 Å². The Morgan fingerprint density at radius 2 is 2.14 bits per heavy atom. The van der Waals surface area contributed by atoms with Crippen LogP contribution in [0.3, 0.4) is 0 Å². The maximum Gasteiger partial charge on any atom is 0.227 e. The van der Waals surface area contributed by atoms with Gasteiger partial charge in [-0.15, -0.1) is 11.8 Å². The van der Waals surface area contributed by atoms with Gasteiger partial charge >= 0.3 is 0 Å². The molecule has 4 nitrogen and oxygen atoms in total. The number of rotatable bonds is 6. The van der Waals surface area contributed by atoms with Crippen LogP contribution in [0.25, 0.3) is 0 Å². The molecule has 0 saturated carbocycles.